The van der Waals surface area contributed by atoms with Crippen molar-refractivity contribution in [3.05, 3.63) is 53.1 Å². The molecule has 0 bridgehead atoms. The van der Waals surface area contributed by atoms with Crippen LogP contribution in [-0.2, 0) is 19.1 Å². The lowest BCUT2D eigenvalue weighted by atomic mass is 9.79. The van der Waals surface area contributed by atoms with Crippen molar-refractivity contribution in [2.75, 3.05) is 13.9 Å². The standard InChI is InChI=1S/C28H35FN2O7/c1-16-14-21(29)10-11-22(16)24(20-8-6-7-9-20)18(3)38-28(34)17(2)31-27(33)25-26(37-15-36-19(4)32)23(35-5)12-13-30-25/h10-14,17-18,20,24H,6-9,15H2,1-5H3,(H,31,33)/t17-,18+,24-/m0/s1. The molecule has 10 heteroatoms. The highest BCUT2D eigenvalue weighted by Gasteiger charge is 2.35. The minimum absolute atomic E-state index is 0.0317. The van der Waals surface area contributed by atoms with E-state index in [1.165, 1.54) is 45.4 Å². The van der Waals surface area contributed by atoms with Crippen LogP contribution in [0.1, 0.15) is 74.0 Å². The summed E-state index contributed by atoms with van der Waals surface area (Å²) in [5.74, 6) is -1.78. The fourth-order valence-electron chi connectivity index (χ4n) is 4.97. The van der Waals surface area contributed by atoms with Gasteiger partial charge in [0.1, 0.15) is 18.0 Å². The maximum absolute atomic E-state index is 13.8. The SMILES string of the molecule is COc1ccnc(C(=O)N[C@@H](C)C(=O)O[C@H](C)[C@H](c2ccc(F)cc2C)C2CCCC2)c1OCOC(C)=O. The Labute approximate surface area is 222 Å². The van der Waals surface area contributed by atoms with E-state index >= 15 is 0 Å². The number of aromatic nitrogens is 1. The maximum atomic E-state index is 13.8. The van der Waals surface area contributed by atoms with Crippen LogP contribution < -0.4 is 14.8 Å². The van der Waals surface area contributed by atoms with Crippen molar-refractivity contribution in [2.45, 2.75) is 71.4 Å². The fraction of sp³-hybridized carbons (Fsp3) is 0.500. The molecule has 206 valence electrons. The number of halogens is 1. The Morgan fingerprint density at radius 3 is 2.50 bits per heavy atom. The lowest BCUT2D eigenvalue weighted by molar-refractivity contribution is -0.152. The number of nitrogens with zero attached hydrogens (tertiary/aromatic N) is 1. The Morgan fingerprint density at radius 1 is 1.16 bits per heavy atom. The van der Waals surface area contributed by atoms with Crippen LogP contribution in [0.2, 0.25) is 0 Å². The first-order chi connectivity index (χ1) is 18.1. The number of amides is 1. The predicted molar refractivity (Wildman–Crippen MR) is 136 cm³/mol. The summed E-state index contributed by atoms with van der Waals surface area (Å²) in [7, 11) is 1.39. The van der Waals surface area contributed by atoms with Crippen LogP contribution in [0.25, 0.3) is 0 Å². The van der Waals surface area contributed by atoms with E-state index in [1.807, 2.05) is 13.8 Å². The molecule has 38 heavy (non-hydrogen) atoms. The number of hydrogen-bond acceptors (Lipinski definition) is 8. The Kier molecular flexibility index (Phi) is 10.0. The second-order valence-corrected chi connectivity index (χ2v) is 9.50. The van der Waals surface area contributed by atoms with E-state index in [2.05, 4.69) is 10.3 Å². The van der Waals surface area contributed by atoms with E-state index in [4.69, 9.17) is 18.9 Å². The van der Waals surface area contributed by atoms with Crippen LogP contribution in [-0.4, -0.2) is 48.9 Å². The Balaban J connectivity index is 1.72. The molecular formula is C28H35FN2O7. The van der Waals surface area contributed by atoms with E-state index in [-0.39, 0.29) is 28.9 Å². The number of rotatable bonds is 11. The summed E-state index contributed by atoms with van der Waals surface area (Å²) in [6.07, 6.45) is 5.08. The zero-order valence-corrected chi connectivity index (χ0v) is 22.4. The van der Waals surface area contributed by atoms with E-state index in [1.54, 1.807) is 6.07 Å². The lowest BCUT2D eigenvalue weighted by Crippen LogP contribution is -2.42. The topological polar surface area (TPSA) is 113 Å². The van der Waals surface area contributed by atoms with E-state index < -0.39 is 36.8 Å². The summed E-state index contributed by atoms with van der Waals surface area (Å²) in [4.78, 5) is 41.2. The number of ether oxygens (including phenoxy) is 4. The van der Waals surface area contributed by atoms with Crippen molar-refractivity contribution >= 4 is 17.8 Å². The van der Waals surface area contributed by atoms with Gasteiger partial charge < -0.3 is 24.3 Å². The molecule has 0 unspecified atom stereocenters. The summed E-state index contributed by atoms with van der Waals surface area (Å²) in [5, 5.41) is 2.59. The Hall–Kier alpha value is -3.69. The third-order valence-corrected chi connectivity index (χ3v) is 6.78. The maximum Gasteiger partial charge on any atom is 0.328 e. The van der Waals surface area contributed by atoms with Crippen LogP contribution in [0, 0.1) is 18.7 Å². The molecule has 0 spiro atoms. The number of pyridine rings is 1. The average molecular weight is 531 g/mol. The van der Waals surface area contributed by atoms with Gasteiger partial charge in [0.05, 0.1) is 7.11 Å². The Bertz CT molecular complexity index is 1150. The van der Waals surface area contributed by atoms with Crippen LogP contribution in [0.5, 0.6) is 11.5 Å². The second kappa shape index (κ2) is 13.2. The summed E-state index contributed by atoms with van der Waals surface area (Å²) in [6, 6.07) is 5.19. The van der Waals surface area contributed by atoms with Crippen molar-refractivity contribution < 1.29 is 37.7 Å². The summed E-state index contributed by atoms with van der Waals surface area (Å²) in [5.41, 5.74) is 1.64. The number of carbonyl (C=O) groups excluding carboxylic acids is 3. The normalized spacial score (nSPS) is 15.7. The average Bonchev–Trinajstić information content (AvgIpc) is 3.39. The number of methoxy groups -OCH3 is 1. The molecule has 0 saturated heterocycles. The van der Waals surface area contributed by atoms with Gasteiger partial charge in [0.25, 0.3) is 5.91 Å². The van der Waals surface area contributed by atoms with Crippen molar-refractivity contribution in [2.24, 2.45) is 5.92 Å². The largest absolute Gasteiger partial charge is 0.493 e. The number of benzene rings is 1. The molecule has 2 aromatic rings. The van der Waals surface area contributed by atoms with Gasteiger partial charge >= 0.3 is 11.9 Å². The molecular weight excluding hydrogens is 495 g/mol. The zero-order chi connectivity index (χ0) is 27.8. The van der Waals surface area contributed by atoms with Crippen LogP contribution in [0.4, 0.5) is 4.39 Å². The van der Waals surface area contributed by atoms with Crippen molar-refractivity contribution in [3.63, 3.8) is 0 Å². The van der Waals surface area contributed by atoms with E-state index in [0.29, 0.717) is 5.92 Å². The molecule has 0 aliphatic heterocycles. The third kappa shape index (κ3) is 7.20. The zero-order valence-electron chi connectivity index (χ0n) is 22.4. The van der Waals surface area contributed by atoms with Gasteiger partial charge in [-0.3, -0.25) is 9.59 Å². The second-order valence-electron chi connectivity index (χ2n) is 9.50. The molecule has 3 rings (SSSR count). The molecule has 1 saturated carbocycles. The van der Waals surface area contributed by atoms with Gasteiger partial charge in [-0.15, -0.1) is 0 Å². The molecule has 1 fully saturated rings. The summed E-state index contributed by atoms with van der Waals surface area (Å²) < 4.78 is 35.1. The molecule has 1 aromatic carbocycles. The van der Waals surface area contributed by atoms with Gasteiger partial charge in [-0.25, -0.2) is 14.2 Å². The highest BCUT2D eigenvalue weighted by Crippen LogP contribution is 2.41. The fourth-order valence-corrected chi connectivity index (χ4v) is 4.97. The molecule has 1 aromatic heterocycles. The first kappa shape index (κ1) is 28.9. The van der Waals surface area contributed by atoms with Crippen molar-refractivity contribution in [1.82, 2.24) is 10.3 Å². The molecule has 1 aliphatic rings. The lowest BCUT2D eigenvalue weighted by Gasteiger charge is -2.31. The molecule has 1 heterocycles. The molecule has 3 atom stereocenters. The summed E-state index contributed by atoms with van der Waals surface area (Å²) in [6.45, 7) is 5.99. The van der Waals surface area contributed by atoms with Gasteiger partial charge in [-0.05, 0) is 62.8 Å². The monoisotopic (exact) mass is 530 g/mol. The number of carbonyl (C=O) groups is 3. The van der Waals surface area contributed by atoms with Crippen molar-refractivity contribution in [1.29, 1.82) is 0 Å². The van der Waals surface area contributed by atoms with Crippen LogP contribution in [0.15, 0.2) is 30.5 Å². The minimum Gasteiger partial charge on any atom is -0.493 e. The number of hydrogen-bond donors (Lipinski definition) is 1. The summed E-state index contributed by atoms with van der Waals surface area (Å²) >= 11 is 0. The van der Waals surface area contributed by atoms with Crippen LogP contribution >= 0.6 is 0 Å². The highest BCUT2D eigenvalue weighted by molar-refractivity contribution is 5.98. The quantitative estimate of drug-likeness (QED) is 0.335. The van der Waals surface area contributed by atoms with Crippen LogP contribution in [0.3, 0.4) is 0 Å². The molecule has 1 amide bonds. The number of nitrogens with one attached hydrogen (secondary N) is 1. The first-order valence-corrected chi connectivity index (χ1v) is 12.7. The van der Waals surface area contributed by atoms with Gasteiger partial charge in [0, 0.05) is 25.1 Å². The molecule has 1 N–H and O–H groups in total. The third-order valence-electron chi connectivity index (χ3n) is 6.78. The predicted octanol–water partition coefficient (Wildman–Crippen LogP) is 4.46. The van der Waals surface area contributed by atoms with Gasteiger partial charge in [0.15, 0.2) is 17.2 Å². The minimum atomic E-state index is -1.00. The molecule has 1 aliphatic carbocycles. The smallest absolute Gasteiger partial charge is 0.328 e. The molecule has 9 nitrogen and oxygen atoms in total. The first-order valence-electron chi connectivity index (χ1n) is 12.7. The number of esters is 2. The van der Waals surface area contributed by atoms with Crippen molar-refractivity contribution in [3.8, 4) is 11.5 Å². The van der Waals surface area contributed by atoms with Gasteiger partial charge in [0.2, 0.25) is 6.79 Å². The van der Waals surface area contributed by atoms with Gasteiger partial charge in [-0.2, -0.15) is 0 Å². The molecule has 0 radical (unpaired) electrons. The van der Waals surface area contributed by atoms with Gasteiger partial charge in [-0.1, -0.05) is 18.9 Å². The highest BCUT2D eigenvalue weighted by atomic mass is 19.1. The van der Waals surface area contributed by atoms with E-state index in [9.17, 15) is 18.8 Å². The van der Waals surface area contributed by atoms with E-state index in [0.717, 1.165) is 36.8 Å². The number of aryl methyl sites for hydroxylation is 1. The Morgan fingerprint density at radius 2 is 1.87 bits per heavy atom.